The van der Waals surface area contributed by atoms with Gasteiger partial charge in [-0.05, 0) is 24.7 Å². The maximum atomic E-state index is 9.91. The maximum Gasteiger partial charge on any atom is 0.0931 e. The van der Waals surface area contributed by atoms with E-state index in [1.807, 2.05) is 19.2 Å². The molecule has 4 heteroatoms. The van der Waals surface area contributed by atoms with Crippen molar-refractivity contribution in [3.8, 4) is 0 Å². The van der Waals surface area contributed by atoms with Gasteiger partial charge in [0.25, 0.3) is 0 Å². The van der Waals surface area contributed by atoms with Crippen molar-refractivity contribution in [2.75, 3.05) is 19.3 Å². The Kier molecular flexibility index (Phi) is 2.51. The Bertz CT molecular complexity index is 367. The number of rotatable bonds is 0. The summed E-state index contributed by atoms with van der Waals surface area (Å²) < 4.78 is 0.947. The van der Waals surface area contributed by atoms with Crippen molar-refractivity contribution in [3.05, 3.63) is 27.7 Å². The van der Waals surface area contributed by atoms with Gasteiger partial charge in [0, 0.05) is 28.8 Å². The molecule has 0 aliphatic carbocycles. The Balaban J connectivity index is 2.57. The molecule has 3 nitrogen and oxygen atoms in total. The fourth-order valence-electron chi connectivity index (χ4n) is 1.91. The lowest BCUT2D eigenvalue weighted by atomic mass is 9.96. The third kappa shape index (κ3) is 1.54. The predicted octanol–water partition coefficient (Wildman–Crippen LogP) is 1.51. The average Bonchev–Trinajstić information content (AvgIpc) is 2.10. The first-order valence-corrected chi connectivity index (χ1v) is 5.32. The number of anilines is 1. The average molecular weight is 257 g/mol. The Morgan fingerprint density at radius 2 is 2.29 bits per heavy atom. The van der Waals surface area contributed by atoms with Crippen molar-refractivity contribution in [2.45, 2.75) is 12.6 Å². The number of hydrogen-bond acceptors (Lipinski definition) is 3. The number of likely N-dealkylation sites (N-methyl/N-ethyl adjacent to an activating group) is 1. The van der Waals surface area contributed by atoms with Crippen LogP contribution in [0, 0.1) is 0 Å². The lowest BCUT2D eigenvalue weighted by molar-refractivity contribution is 0.107. The van der Waals surface area contributed by atoms with Gasteiger partial charge in [-0.25, -0.2) is 0 Å². The van der Waals surface area contributed by atoms with E-state index < -0.39 is 6.10 Å². The summed E-state index contributed by atoms with van der Waals surface area (Å²) in [5.41, 5.74) is 8.62. The third-order valence-corrected chi connectivity index (χ3v) is 3.28. The predicted molar refractivity (Wildman–Crippen MR) is 59.8 cm³/mol. The molecule has 0 spiro atoms. The van der Waals surface area contributed by atoms with Crippen molar-refractivity contribution >= 4 is 21.6 Å². The molecule has 0 saturated heterocycles. The number of nitrogen functional groups attached to an aromatic ring is 1. The molecule has 1 aliphatic heterocycles. The van der Waals surface area contributed by atoms with Gasteiger partial charge < -0.3 is 10.8 Å². The van der Waals surface area contributed by atoms with Gasteiger partial charge in [-0.1, -0.05) is 15.9 Å². The number of aliphatic hydroxyl groups is 1. The van der Waals surface area contributed by atoms with Crippen molar-refractivity contribution < 1.29 is 5.11 Å². The molecule has 1 aromatic carbocycles. The van der Waals surface area contributed by atoms with Crippen LogP contribution >= 0.6 is 15.9 Å². The highest BCUT2D eigenvalue weighted by atomic mass is 79.9. The number of aliphatic hydroxyl groups excluding tert-OH is 1. The van der Waals surface area contributed by atoms with E-state index in [9.17, 15) is 5.11 Å². The zero-order chi connectivity index (χ0) is 10.3. The summed E-state index contributed by atoms with van der Waals surface area (Å²) in [5.74, 6) is 0. The van der Waals surface area contributed by atoms with Crippen LogP contribution in [0.3, 0.4) is 0 Å². The van der Waals surface area contributed by atoms with Crippen LogP contribution in [0.15, 0.2) is 16.6 Å². The minimum atomic E-state index is -0.443. The number of fused-ring (bicyclic) bond motifs is 1. The molecule has 0 fully saturated rings. The van der Waals surface area contributed by atoms with Crippen molar-refractivity contribution in [1.29, 1.82) is 0 Å². The number of benzene rings is 1. The van der Waals surface area contributed by atoms with Crippen LogP contribution in [-0.4, -0.2) is 23.6 Å². The first-order chi connectivity index (χ1) is 6.59. The first kappa shape index (κ1) is 9.96. The molecule has 76 valence electrons. The quantitative estimate of drug-likeness (QED) is 0.692. The second-order valence-electron chi connectivity index (χ2n) is 3.74. The van der Waals surface area contributed by atoms with Crippen LogP contribution in [0.4, 0.5) is 5.69 Å². The second kappa shape index (κ2) is 3.53. The van der Waals surface area contributed by atoms with Crippen LogP contribution in [0.25, 0.3) is 0 Å². The Morgan fingerprint density at radius 1 is 1.57 bits per heavy atom. The van der Waals surface area contributed by atoms with Gasteiger partial charge in [-0.3, -0.25) is 4.90 Å². The molecule has 0 aromatic heterocycles. The first-order valence-electron chi connectivity index (χ1n) is 4.53. The molecule has 3 N–H and O–H groups in total. The van der Waals surface area contributed by atoms with E-state index in [1.54, 1.807) is 0 Å². The lowest BCUT2D eigenvalue weighted by Gasteiger charge is -2.30. The maximum absolute atomic E-state index is 9.91. The molecule has 1 aliphatic rings. The SMILES string of the molecule is CN1Cc2c(N)ccc(Br)c2C(O)C1. The number of β-amino-alcohol motifs (C(OH)–C–C–N with tert-alkyl or cyclic N) is 1. The highest BCUT2D eigenvalue weighted by Gasteiger charge is 2.25. The van der Waals surface area contributed by atoms with E-state index in [0.717, 1.165) is 27.8 Å². The number of hydrogen-bond donors (Lipinski definition) is 2. The summed E-state index contributed by atoms with van der Waals surface area (Å²) in [5, 5.41) is 9.91. The topological polar surface area (TPSA) is 49.5 Å². The normalized spacial score (nSPS) is 22.1. The summed E-state index contributed by atoms with van der Waals surface area (Å²) in [6.07, 6.45) is -0.443. The zero-order valence-electron chi connectivity index (χ0n) is 8.00. The van der Waals surface area contributed by atoms with Crippen LogP contribution in [0.2, 0.25) is 0 Å². The molecule has 1 aromatic rings. The molecule has 0 amide bonds. The Labute approximate surface area is 91.6 Å². The van der Waals surface area contributed by atoms with Crippen molar-refractivity contribution in [3.63, 3.8) is 0 Å². The lowest BCUT2D eigenvalue weighted by Crippen LogP contribution is -2.31. The summed E-state index contributed by atoms with van der Waals surface area (Å²) in [4.78, 5) is 2.07. The van der Waals surface area contributed by atoms with Crippen molar-refractivity contribution in [2.24, 2.45) is 0 Å². The third-order valence-electron chi connectivity index (χ3n) is 2.59. The molecule has 14 heavy (non-hydrogen) atoms. The number of nitrogens with two attached hydrogens (primary N) is 1. The largest absolute Gasteiger partial charge is 0.398 e. The molecule has 1 heterocycles. The smallest absolute Gasteiger partial charge is 0.0931 e. The highest BCUT2D eigenvalue weighted by Crippen LogP contribution is 2.35. The standard InChI is InChI=1S/C10H13BrN2O/c1-13-4-6-8(12)3-2-7(11)10(6)9(14)5-13/h2-3,9,14H,4-5,12H2,1H3. The van der Waals surface area contributed by atoms with Gasteiger partial charge in [-0.15, -0.1) is 0 Å². The summed E-state index contributed by atoms with van der Waals surface area (Å²) >= 11 is 3.44. The monoisotopic (exact) mass is 256 g/mol. The van der Waals surface area contributed by atoms with E-state index in [1.165, 1.54) is 0 Å². The van der Waals surface area contributed by atoms with Gasteiger partial charge in [0.2, 0.25) is 0 Å². The molecule has 0 saturated carbocycles. The van der Waals surface area contributed by atoms with Crippen LogP contribution < -0.4 is 5.73 Å². The van der Waals surface area contributed by atoms with E-state index >= 15 is 0 Å². The van der Waals surface area contributed by atoms with Gasteiger partial charge in [0.05, 0.1) is 6.10 Å². The molecule has 2 rings (SSSR count). The minimum Gasteiger partial charge on any atom is -0.398 e. The van der Waals surface area contributed by atoms with E-state index in [0.29, 0.717) is 6.54 Å². The van der Waals surface area contributed by atoms with E-state index in [2.05, 4.69) is 20.8 Å². The van der Waals surface area contributed by atoms with E-state index in [4.69, 9.17) is 5.73 Å². The molecule has 0 bridgehead atoms. The fraction of sp³-hybridized carbons (Fsp3) is 0.400. The molecular weight excluding hydrogens is 244 g/mol. The summed E-state index contributed by atoms with van der Waals surface area (Å²) in [6.45, 7) is 1.46. The van der Waals surface area contributed by atoms with Crippen LogP contribution in [-0.2, 0) is 6.54 Å². The molecular formula is C10H13BrN2O. The van der Waals surface area contributed by atoms with E-state index in [-0.39, 0.29) is 0 Å². The molecule has 1 atom stereocenters. The Hall–Kier alpha value is -0.580. The van der Waals surface area contributed by atoms with Crippen molar-refractivity contribution in [1.82, 2.24) is 4.90 Å². The zero-order valence-corrected chi connectivity index (χ0v) is 9.58. The van der Waals surface area contributed by atoms with Crippen LogP contribution in [0.1, 0.15) is 17.2 Å². The fourth-order valence-corrected chi connectivity index (χ4v) is 2.55. The van der Waals surface area contributed by atoms with Gasteiger partial charge in [0.1, 0.15) is 0 Å². The molecule has 0 radical (unpaired) electrons. The Morgan fingerprint density at radius 3 is 3.00 bits per heavy atom. The van der Waals surface area contributed by atoms with Gasteiger partial charge in [-0.2, -0.15) is 0 Å². The second-order valence-corrected chi connectivity index (χ2v) is 4.60. The van der Waals surface area contributed by atoms with Gasteiger partial charge >= 0.3 is 0 Å². The summed E-state index contributed by atoms with van der Waals surface area (Å²) in [6, 6.07) is 3.76. The minimum absolute atomic E-state index is 0.443. The van der Waals surface area contributed by atoms with Crippen LogP contribution in [0.5, 0.6) is 0 Å². The van der Waals surface area contributed by atoms with Gasteiger partial charge in [0.15, 0.2) is 0 Å². The highest BCUT2D eigenvalue weighted by molar-refractivity contribution is 9.10. The molecule has 1 unspecified atom stereocenters. The number of nitrogens with zero attached hydrogens (tertiary/aromatic N) is 1. The number of halogens is 1. The summed E-state index contributed by atoms with van der Waals surface area (Å²) in [7, 11) is 1.98.